The minimum Gasteiger partial charge on any atom is -0.545 e. The molecule has 0 bridgehead atoms. The molecule has 8 nitrogen and oxygen atoms in total. The van der Waals surface area contributed by atoms with Crippen LogP contribution in [0.25, 0.3) is 0 Å². The number of hydrogen-bond donors (Lipinski definition) is 1. The Balaban J connectivity index is 2.53. The summed E-state index contributed by atoms with van der Waals surface area (Å²) in [6.07, 6.45) is 0. The number of nitro groups is 1. The molecule has 0 radical (unpaired) electrons. The molecular weight excluding hydrogens is 336 g/mol. The van der Waals surface area contributed by atoms with Gasteiger partial charge in [-0.05, 0) is 31.5 Å². The Labute approximate surface area is 138 Å². The SMILES string of the molecule is Cc1cc(S(=O)(=O)Nc2ccccc2C(=O)[O-])cc([N+](=O)[O-])c1C. The zero-order valence-electron chi connectivity index (χ0n) is 12.8. The van der Waals surface area contributed by atoms with Crippen molar-refractivity contribution >= 4 is 27.4 Å². The molecule has 0 aliphatic heterocycles. The number of aryl methyl sites for hydroxylation is 1. The minimum absolute atomic E-state index is 0.182. The van der Waals surface area contributed by atoms with Gasteiger partial charge in [0.15, 0.2) is 0 Å². The van der Waals surface area contributed by atoms with Crippen LogP contribution >= 0.6 is 0 Å². The van der Waals surface area contributed by atoms with E-state index in [-0.39, 0.29) is 21.8 Å². The fraction of sp³-hybridized carbons (Fsp3) is 0.133. The molecule has 24 heavy (non-hydrogen) atoms. The van der Waals surface area contributed by atoms with E-state index in [0.717, 1.165) is 6.07 Å². The van der Waals surface area contributed by atoms with Crippen LogP contribution in [0.5, 0.6) is 0 Å². The van der Waals surface area contributed by atoms with E-state index in [1.807, 2.05) is 0 Å². The molecule has 2 aromatic rings. The fourth-order valence-corrected chi connectivity index (χ4v) is 3.29. The molecule has 126 valence electrons. The maximum Gasteiger partial charge on any atom is 0.273 e. The smallest absolute Gasteiger partial charge is 0.273 e. The molecular formula is C15H13N2O6S-. The van der Waals surface area contributed by atoms with Crippen molar-refractivity contribution < 1.29 is 23.2 Å². The largest absolute Gasteiger partial charge is 0.545 e. The van der Waals surface area contributed by atoms with Crippen LogP contribution in [0.15, 0.2) is 41.3 Å². The van der Waals surface area contributed by atoms with Crippen LogP contribution in [0.4, 0.5) is 11.4 Å². The molecule has 0 spiro atoms. The van der Waals surface area contributed by atoms with E-state index in [1.54, 1.807) is 6.92 Å². The van der Waals surface area contributed by atoms with Crippen molar-refractivity contribution in [2.45, 2.75) is 18.7 Å². The molecule has 0 aliphatic rings. The molecule has 0 saturated heterocycles. The highest BCUT2D eigenvalue weighted by atomic mass is 32.2. The normalized spacial score (nSPS) is 11.1. The lowest BCUT2D eigenvalue weighted by Crippen LogP contribution is -2.25. The molecule has 0 aliphatic carbocycles. The summed E-state index contributed by atoms with van der Waals surface area (Å²) in [5.74, 6) is -1.54. The van der Waals surface area contributed by atoms with Crippen molar-refractivity contribution in [3.05, 3.63) is 63.2 Å². The fourth-order valence-electron chi connectivity index (χ4n) is 2.11. The standard InChI is InChI=1S/C15H14N2O6S/c1-9-7-11(8-14(10(9)2)17(20)21)24(22,23)16-13-6-4-3-5-12(13)15(18)19/h3-8,16H,1-2H3,(H,18,19)/p-1. The van der Waals surface area contributed by atoms with Gasteiger partial charge in [-0.1, -0.05) is 18.2 Å². The lowest BCUT2D eigenvalue weighted by Gasteiger charge is -2.14. The number of carbonyl (C=O) groups excluding carboxylic acids is 1. The zero-order chi connectivity index (χ0) is 18.1. The number of carbonyl (C=O) groups is 1. The van der Waals surface area contributed by atoms with Crippen molar-refractivity contribution in [2.75, 3.05) is 4.72 Å². The number of rotatable bonds is 5. The third-order valence-corrected chi connectivity index (χ3v) is 4.86. The average molecular weight is 349 g/mol. The van der Waals surface area contributed by atoms with E-state index in [9.17, 15) is 28.4 Å². The van der Waals surface area contributed by atoms with Gasteiger partial charge in [-0.2, -0.15) is 0 Å². The second kappa shape index (κ2) is 6.28. The van der Waals surface area contributed by atoms with Gasteiger partial charge in [-0.3, -0.25) is 14.8 Å². The number of nitrogens with zero attached hydrogens (tertiary/aromatic N) is 1. The summed E-state index contributed by atoms with van der Waals surface area (Å²) in [5, 5.41) is 22.1. The molecule has 2 aromatic carbocycles. The quantitative estimate of drug-likeness (QED) is 0.641. The molecule has 0 heterocycles. The number of benzene rings is 2. The van der Waals surface area contributed by atoms with Crippen LogP contribution in [0, 0.1) is 24.0 Å². The molecule has 0 amide bonds. The topological polar surface area (TPSA) is 129 Å². The van der Waals surface area contributed by atoms with Gasteiger partial charge in [0.25, 0.3) is 15.7 Å². The average Bonchev–Trinajstić information content (AvgIpc) is 2.49. The number of carboxylic acid groups (broad SMARTS) is 1. The minimum atomic E-state index is -4.21. The molecule has 9 heteroatoms. The lowest BCUT2D eigenvalue weighted by molar-refractivity contribution is -0.385. The summed E-state index contributed by atoms with van der Waals surface area (Å²) >= 11 is 0. The first-order valence-electron chi connectivity index (χ1n) is 6.72. The second-order valence-corrected chi connectivity index (χ2v) is 6.76. The number of sulfonamides is 1. The predicted molar refractivity (Wildman–Crippen MR) is 84.2 cm³/mol. The monoisotopic (exact) mass is 349 g/mol. The van der Waals surface area contributed by atoms with Gasteiger partial charge >= 0.3 is 0 Å². The number of para-hydroxylation sites is 1. The van der Waals surface area contributed by atoms with Crippen LogP contribution in [-0.4, -0.2) is 19.3 Å². The lowest BCUT2D eigenvalue weighted by atomic mass is 10.1. The first-order valence-corrected chi connectivity index (χ1v) is 8.20. The third kappa shape index (κ3) is 3.35. The Bertz CT molecular complexity index is 937. The van der Waals surface area contributed by atoms with Crippen molar-refractivity contribution in [3.63, 3.8) is 0 Å². The number of aromatic carboxylic acids is 1. The van der Waals surface area contributed by atoms with E-state index in [0.29, 0.717) is 11.1 Å². The maximum atomic E-state index is 12.5. The number of carboxylic acids is 1. The van der Waals surface area contributed by atoms with Crippen LogP contribution in [0.3, 0.4) is 0 Å². The summed E-state index contributed by atoms with van der Waals surface area (Å²) < 4.78 is 27.1. The summed E-state index contributed by atoms with van der Waals surface area (Å²) in [6, 6.07) is 7.55. The number of nitrogens with one attached hydrogen (secondary N) is 1. The summed E-state index contributed by atoms with van der Waals surface area (Å²) in [6.45, 7) is 3.07. The third-order valence-electron chi connectivity index (χ3n) is 3.51. The van der Waals surface area contributed by atoms with E-state index >= 15 is 0 Å². The highest BCUT2D eigenvalue weighted by Crippen LogP contribution is 2.27. The summed E-state index contributed by atoms with van der Waals surface area (Å²) in [7, 11) is -4.21. The van der Waals surface area contributed by atoms with E-state index in [2.05, 4.69) is 4.72 Å². The number of hydrogen-bond acceptors (Lipinski definition) is 6. The maximum absolute atomic E-state index is 12.5. The molecule has 0 aromatic heterocycles. The molecule has 2 rings (SSSR count). The molecule has 0 fully saturated rings. The predicted octanol–water partition coefficient (Wildman–Crippen LogP) is 1.38. The Hall–Kier alpha value is -2.94. The van der Waals surface area contributed by atoms with Gasteiger partial charge in [0.05, 0.1) is 21.5 Å². The van der Waals surface area contributed by atoms with Gasteiger partial charge < -0.3 is 9.90 Å². The van der Waals surface area contributed by atoms with Gasteiger partial charge in [0.2, 0.25) is 0 Å². The Morgan fingerprint density at radius 2 is 1.79 bits per heavy atom. The highest BCUT2D eigenvalue weighted by Gasteiger charge is 2.22. The molecule has 0 atom stereocenters. The molecule has 1 N–H and O–H groups in total. The Morgan fingerprint density at radius 3 is 2.38 bits per heavy atom. The van der Waals surface area contributed by atoms with Crippen LogP contribution in [0.1, 0.15) is 21.5 Å². The Morgan fingerprint density at radius 1 is 1.17 bits per heavy atom. The molecule has 0 unspecified atom stereocenters. The number of nitro benzene ring substituents is 1. The van der Waals surface area contributed by atoms with Crippen LogP contribution in [0.2, 0.25) is 0 Å². The van der Waals surface area contributed by atoms with Crippen molar-refractivity contribution in [1.82, 2.24) is 0 Å². The zero-order valence-corrected chi connectivity index (χ0v) is 13.6. The molecule has 0 saturated carbocycles. The Kier molecular flexibility index (Phi) is 4.56. The van der Waals surface area contributed by atoms with Gasteiger partial charge in [-0.15, -0.1) is 0 Å². The van der Waals surface area contributed by atoms with Crippen molar-refractivity contribution in [3.8, 4) is 0 Å². The second-order valence-electron chi connectivity index (χ2n) is 5.08. The summed E-state index contributed by atoms with van der Waals surface area (Å²) in [4.78, 5) is 21.1. The van der Waals surface area contributed by atoms with Crippen LogP contribution < -0.4 is 9.83 Å². The first-order chi connectivity index (χ1) is 11.1. The van der Waals surface area contributed by atoms with Gasteiger partial charge in [0.1, 0.15) is 0 Å². The summed E-state index contributed by atoms with van der Waals surface area (Å²) in [5.41, 5.74) is -0.0619. The van der Waals surface area contributed by atoms with Crippen LogP contribution in [-0.2, 0) is 10.0 Å². The van der Waals surface area contributed by atoms with Crippen molar-refractivity contribution in [1.29, 1.82) is 0 Å². The van der Waals surface area contributed by atoms with E-state index in [1.165, 1.54) is 37.3 Å². The highest BCUT2D eigenvalue weighted by molar-refractivity contribution is 7.92. The van der Waals surface area contributed by atoms with Gasteiger partial charge in [-0.25, -0.2) is 8.42 Å². The number of anilines is 1. The van der Waals surface area contributed by atoms with E-state index < -0.39 is 20.9 Å². The van der Waals surface area contributed by atoms with E-state index in [4.69, 9.17) is 0 Å². The first kappa shape index (κ1) is 17.4. The van der Waals surface area contributed by atoms with Crippen molar-refractivity contribution in [2.24, 2.45) is 0 Å². The van der Waals surface area contributed by atoms with Gasteiger partial charge in [0, 0.05) is 17.2 Å².